The molecule has 1 rings (SSSR count). The summed E-state index contributed by atoms with van der Waals surface area (Å²) in [6, 6.07) is 10.5. The molecule has 0 fully saturated rings. The van der Waals surface area contributed by atoms with E-state index in [9.17, 15) is 4.79 Å². The van der Waals surface area contributed by atoms with Crippen LogP contribution in [-0.2, 0) is 11.3 Å². The molecule has 1 aromatic carbocycles. The minimum absolute atomic E-state index is 0.450. The van der Waals surface area contributed by atoms with Crippen molar-refractivity contribution in [2.75, 3.05) is 32.8 Å². The second-order valence-electron chi connectivity index (χ2n) is 5.31. The number of nitrogens with one attached hydrogen (secondary N) is 1. The first kappa shape index (κ1) is 18.5. The fourth-order valence-corrected chi connectivity index (χ4v) is 2.29. The van der Waals surface area contributed by atoms with Crippen molar-refractivity contribution in [2.24, 2.45) is 0 Å². The van der Waals surface area contributed by atoms with Gasteiger partial charge in [0.25, 0.3) is 0 Å². The SMILES string of the molecule is CCCN(CCCOCCCNC(=O)O)Cc1ccccc1. The first-order valence-corrected chi connectivity index (χ1v) is 8.03. The molecule has 0 bridgehead atoms. The lowest BCUT2D eigenvalue weighted by atomic mass is 10.2. The molecule has 1 aromatic rings. The van der Waals surface area contributed by atoms with Gasteiger partial charge in [0.1, 0.15) is 0 Å². The average Bonchev–Trinajstić information content (AvgIpc) is 2.50. The van der Waals surface area contributed by atoms with Crippen molar-refractivity contribution in [1.82, 2.24) is 10.2 Å². The van der Waals surface area contributed by atoms with Crippen LogP contribution in [0.3, 0.4) is 0 Å². The zero-order chi connectivity index (χ0) is 16.0. The van der Waals surface area contributed by atoms with Crippen LogP contribution in [0, 0.1) is 0 Å². The summed E-state index contributed by atoms with van der Waals surface area (Å²) in [6.07, 6.45) is 1.89. The first-order chi connectivity index (χ1) is 10.7. The molecule has 0 aliphatic rings. The van der Waals surface area contributed by atoms with Crippen molar-refractivity contribution in [2.45, 2.75) is 32.7 Å². The number of nitrogens with zero attached hydrogens (tertiary/aromatic N) is 1. The number of benzene rings is 1. The maximum atomic E-state index is 10.3. The van der Waals surface area contributed by atoms with Crippen LogP contribution in [-0.4, -0.2) is 48.9 Å². The Morgan fingerprint density at radius 2 is 1.91 bits per heavy atom. The maximum absolute atomic E-state index is 10.3. The Morgan fingerprint density at radius 3 is 2.59 bits per heavy atom. The number of ether oxygens (including phenoxy) is 1. The van der Waals surface area contributed by atoms with E-state index in [-0.39, 0.29) is 0 Å². The summed E-state index contributed by atoms with van der Waals surface area (Å²) in [4.78, 5) is 12.7. The van der Waals surface area contributed by atoms with Crippen molar-refractivity contribution in [1.29, 1.82) is 0 Å². The lowest BCUT2D eigenvalue weighted by molar-refractivity contribution is 0.117. The molecule has 5 nitrogen and oxygen atoms in total. The Morgan fingerprint density at radius 1 is 1.18 bits per heavy atom. The molecule has 0 saturated carbocycles. The predicted molar refractivity (Wildman–Crippen MR) is 88.1 cm³/mol. The molecular weight excluding hydrogens is 280 g/mol. The van der Waals surface area contributed by atoms with Crippen LogP contribution in [0.25, 0.3) is 0 Å². The second kappa shape index (κ2) is 12.0. The number of amides is 1. The summed E-state index contributed by atoms with van der Waals surface area (Å²) in [5.74, 6) is 0. The molecule has 0 aromatic heterocycles. The van der Waals surface area contributed by atoms with Gasteiger partial charge in [-0.2, -0.15) is 0 Å². The van der Waals surface area contributed by atoms with Crippen LogP contribution in [0.1, 0.15) is 31.7 Å². The highest BCUT2D eigenvalue weighted by atomic mass is 16.5. The van der Waals surface area contributed by atoms with E-state index in [1.54, 1.807) is 0 Å². The molecule has 1 amide bonds. The summed E-state index contributed by atoms with van der Waals surface area (Å²) in [5.41, 5.74) is 1.34. The zero-order valence-electron chi connectivity index (χ0n) is 13.5. The fraction of sp³-hybridized carbons (Fsp3) is 0.588. The molecular formula is C17H28N2O3. The summed E-state index contributed by atoms with van der Waals surface area (Å²) in [7, 11) is 0. The number of hydrogen-bond acceptors (Lipinski definition) is 3. The Kier molecular flexibility index (Phi) is 10.1. The summed E-state index contributed by atoms with van der Waals surface area (Å²) in [6.45, 7) is 7.08. The third-order valence-corrected chi connectivity index (χ3v) is 3.29. The molecule has 0 aliphatic carbocycles. The van der Waals surface area contributed by atoms with Crippen LogP contribution in [0.15, 0.2) is 30.3 Å². The molecule has 0 aliphatic heterocycles. The molecule has 0 spiro atoms. The molecule has 0 unspecified atom stereocenters. The number of rotatable bonds is 12. The van der Waals surface area contributed by atoms with E-state index in [2.05, 4.69) is 41.4 Å². The van der Waals surface area contributed by atoms with Gasteiger partial charge in [0, 0.05) is 32.8 Å². The first-order valence-electron chi connectivity index (χ1n) is 8.03. The van der Waals surface area contributed by atoms with Gasteiger partial charge in [-0.05, 0) is 31.4 Å². The third kappa shape index (κ3) is 9.37. The molecule has 22 heavy (non-hydrogen) atoms. The average molecular weight is 308 g/mol. The fourth-order valence-electron chi connectivity index (χ4n) is 2.29. The third-order valence-electron chi connectivity index (χ3n) is 3.29. The number of hydrogen-bond donors (Lipinski definition) is 2. The second-order valence-corrected chi connectivity index (χ2v) is 5.31. The van der Waals surface area contributed by atoms with Crippen LogP contribution in [0.4, 0.5) is 4.79 Å². The minimum Gasteiger partial charge on any atom is -0.465 e. The summed E-state index contributed by atoms with van der Waals surface area (Å²) < 4.78 is 5.53. The molecule has 2 N–H and O–H groups in total. The van der Waals surface area contributed by atoms with E-state index in [1.165, 1.54) is 5.56 Å². The minimum atomic E-state index is -0.976. The largest absolute Gasteiger partial charge is 0.465 e. The normalized spacial score (nSPS) is 10.8. The van der Waals surface area contributed by atoms with E-state index in [1.807, 2.05) is 6.07 Å². The topological polar surface area (TPSA) is 61.8 Å². The van der Waals surface area contributed by atoms with Gasteiger partial charge < -0.3 is 15.2 Å². The van der Waals surface area contributed by atoms with Crippen molar-refractivity contribution >= 4 is 6.09 Å². The molecule has 0 radical (unpaired) electrons. The van der Waals surface area contributed by atoms with Gasteiger partial charge in [0.05, 0.1) is 0 Å². The van der Waals surface area contributed by atoms with Crippen LogP contribution >= 0.6 is 0 Å². The van der Waals surface area contributed by atoms with Crippen LogP contribution in [0.5, 0.6) is 0 Å². The quantitative estimate of drug-likeness (QED) is 0.583. The summed E-state index contributed by atoms with van der Waals surface area (Å²) in [5, 5.41) is 10.8. The van der Waals surface area contributed by atoms with Gasteiger partial charge in [-0.25, -0.2) is 4.79 Å². The maximum Gasteiger partial charge on any atom is 0.404 e. The molecule has 5 heteroatoms. The van der Waals surface area contributed by atoms with Crippen molar-refractivity contribution in [3.63, 3.8) is 0 Å². The van der Waals surface area contributed by atoms with E-state index in [0.29, 0.717) is 13.2 Å². The van der Waals surface area contributed by atoms with E-state index < -0.39 is 6.09 Å². The summed E-state index contributed by atoms with van der Waals surface area (Å²) >= 11 is 0. The van der Waals surface area contributed by atoms with Gasteiger partial charge >= 0.3 is 6.09 Å². The molecule has 124 valence electrons. The van der Waals surface area contributed by atoms with E-state index in [4.69, 9.17) is 9.84 Å². The predicted octanol–water partition coefficient (Wildman–Crippen LogP) is 2.96. The highest BCUT2D eigenvalue weighted by molar-refractivity contribution is 5.64. The smallest absolute Gasteiger partial charge is 0.404 e. The van der Waals surface area contributed by atoms with Gasteiger partial charge in [-0.15, -0.1) is 0 Å². The van der Waals surface area contributed by atoms with E-state index in [0.717, 1.165) is 45.5 Å². The van der Waals surface area contributed by atoms with Gasteiger partial charge in [0.15, 0.2) is 0 Å². The zero-order valence-corrected chi connectivity index (χ0v) is 13.5. The number of carboxylic acid groups (broad SMARTS) is 1. The van der Waals surface area contributed by atoms with Crippen molar-refractivity contribution < 1.29 is 14.6 Å². The van der Waals surface area contributed by atoms with Gasteiger partial charge in [-0.3, -0.25) is 4.90 Å². The van der Waals surface area contributed by atoms with Gasteiger partial charge in [-0.1, -0.05) is 37.3 Å². The molecule has 0 heterocycles. The number of carbonyl (C=O) groups is 1. The standard InChI is InChI=1S/C17H28N2O3/c1-2-11-19(15-16-8-4-3-5-9-16)12-7-14-22-13-6-10-18-17(20)21/h3-5,8-9,18H,2,6-7,10-15H2,1H3,(H,20,21). The Hall–Kier alpha value is -1.59. The molecule has 0 saturated heterocycles. The lowest BCUT2D eigenvalue weighted by Crippen LogP contribution is -2.26. The lowest BCUT2D eigenvalue weighted by Gasteiger charge is -2.21. The Balaban J connectivity index is 2.10. The highest BCUT2D eigenvalue weighted by Crippen LogP contribution is 2.06. The van der Waals surface area contributed by atoms with Crippen LogP contribution in [0.2, 0.25) is 0 Å². The van der Waals surface area contributed by atoms with Crippen molar-refractivity contribution in [3.8, 4) is 0 Å². The Bertz CT molecular complexity index is 398. The van der Waals surface area contributed by atoms with E-state index >= 15 is 0 Å². The highest BCUT2D eigenvalue weighted by Gasteiger charge is 2.04. The van der Waals surface area contributed by atoms with Gasteiger partial charge in [0.2, 0.25) is 0 Å². The monoisotopic (exact) mass is 308 g/mol. The van der Waals surface area contributed by atoms with Crippen LogP contribution < -0.4 is 5.32 Å². The Labute approximate surface area is 133 Å². The molecule has 0 atom stereocenters. The van der Waals surface area contributed by atoms with Crippen molar-refractivity contribution in [3.05, 3.63) is 35.9 Å².